The molecule has 3 fully saturated rings. The largest absolute Gasteiger partial charge is 0.393 e. The first kappa shape index (κ1) is 16.5. The number of ketones is 1. The molecule has 0 aliphatic heterocycles. The summed E-state index contributed by atoms with van der Waals surface area (Å²) >= 11 is 0. The van der Waals surface area contributed by atoms with E-state index in [1.165, 1.54) is 11.1 Å². The van der Waals surface area contributed by atoms with Gasteiger partial charge in [0.2, 0.25) is 0 Å². The van der Waals surface area contributed by atoms with E-state index in [4.69, 9.17) is 0 Å². The van der Waals surface area contributed by atoms with E-state index in [1.54, 1.807) is 6.92 Å². The van der Waals surface area contributed by atoms with Crippen molar-refractivity contribution in [3.05, 3.63) is 23.3 Å². The zero-order chi connectivity index (χ0) is 17.3. The fourth-order valence-corrected chi connectivity index (χ4v) is 6.78. The van der Waals surface area contributed by atoms with Crippen molar-refractivity contribution in [2.24, 2.45) is 28.6 Å². The van der Waals surface area contributed by atoms with Gasteiger partial charge < -0.3 is 10.2 Å². The summed E-state index contributed by atoms with van der Waals surface area (Å²) in [4.78, 5) is 12.2. The van der Waals surface area contributed by atoms with Crippen LogP contribution in [0.5, 0.6) is 0 Å². The monoisotopic (exact) mass is 330 g/mol. The maximum Gasteiger partial charge on any atom is 0.133 e. The van der Waals surface area contributed by atoms with Gasteiger partial charge in [-0.15, -0.1) is 0 Å². The maximum atomic E-state index is 12.2. The lowest BCUT2D eigenvalue weighted by molar-refractivity contribution is -0.126. The molecule has 24 heavy (non-hydrogen) atoms. The van der Waals surface area contributed by atoms with E-state index < -0.39 is 0 Å². The van der Waals surface area contributed by atoms with Crippen molar-refractivity contribution in [1.82, 2.24) is 0 Å². The van der Waals surface area contributed by atoms with Crippen molar-refractivity contribution in [3.63, 3.8) is 0 Å². The first-order valence-corrected chi connectivity index (χ1v) is 9.55. The molecule has 3 heteroatoms. The zero-order valence-electron chi connectivity index (χ0n) is 15.1. The molecule has 0 spiro atoms. The number of fused-ring (bicyclic) bond motifs is 5. The molecule has 4 rings (SSSR count). The second-order valence-corrected chi connectivity index (χ2v) is 9.22. The van der Waals surface area contributed by atoms with Crippen LogP contribution in [-0.2, 0) is 4.79 Å². The van der Waals surface area contributed by atoms with Gasteiger partial charge in [0.25, 0.3) is 0 Å². The molecule has 0 bridgehead atoms. The average molecular weight is 330 g/mol. The average Bonchev–Trinajstić information content (AvgIpc) is 2.84. The van der Waals surface area contributed by atoms with Crippen LogP contribution in [0.3, 0.4) is 0 Å². The van der Waals surface area contributed by atoms with Crippen LogP contribution < -0.4 is 0 Å². The van der Waals surface area contributed by atoms with Gasteiger partial charge in [-0.1, -0.05) is 37.1 Å². The van der Waals surface area contributed by atoms with Crippen molar-refractivity contribution in [2.75, 3.05) is 0 Å². The summed E-state index contributed by atoms with van der Waals surface area (Å²) in [6.07, 6.45) is 9.08. The lowest BCUT2D eigenvalue weighted by atomic mass is 9.49. The highest BCUT2D eigenvalue weighted by molar-refractivity contribution is 5.79. The van der Waals surface area contributed by atoms with Crippen molar-refractivity contribution in [2.45, 2.75) is 71.5 Å². The maximum absolute atomic E-state index is 12.2. The predicted octanol–water partition coefficient (Wildman–Crippen LogP) is 3.41. The van der Waals surface area contributed by atoms with E-state index in [-0.39, 0.29) is 40.7 Å². The first-order valence-electron chi connectivity index (χ1n) is 9.55. The number of rotatable bonds is 1. The molecule has 0 radical (unpaired) electrons. The predicted molar refractivity (Wildman–Crippen MR) is 93.2 cm³/mol. The molecule has 4 aliphatic carbocycles. The van der Waals surface area contributed by atoms with E-state index >= 15 is 0 Å². The van der Waals surface area contributed by atoms with Crippen LogP contribution >= 0.6 is 0 Å². The molecule has 3 saturated carbocycles. The van der Waals surface area contributed by atoms with Crippen molar-refractivity contribution in [1.29, 1.82) is 0 Å². The molecule has 4 aliphatic rings. The van der Waals surface area contributed by atoms with Crippen LogP contribution in [0.4, 0.5) is 0 Å². The molecule has 0 heterocycles. The molecule has 0 aromatic rings. The third-order valence-electron chi connectivity index (χ3n) is 7.97. The smallest absolute Gasteiger partial charge is 0.133 e. The van der Waals surface area contributed by atoms with E-state index in [9.17, 15) is 15.0 Å². The SMILES string of the molecule is CC(=O)[C@H]1CC[C@H]2C3=CC=C4C[C@@H](O)CC[C@]4(C)[C@H]3[C@@H](O)C[C@]12C. The Morgan fingerprint density at radius 3 is 2.62 bits per heavy atom. The van der Waals surface area contributed by atoms with Gasteiger partial charge in [-0.25, -0.2) is 0 Å². The fraction of sp³-hybridized carbons (Fsp3) is 0.762. The minimum atomic E-state index is -0.388. The van der Waals surface area contributed by atoms with Crippen LogP contribution in [0, 0.1) is 28.6 Å². The van der Waals surface area contributed by atoms with Crippen molar-refractivity contribution in [3.8, 4) is 0 Å². The second kappa shape index (κ2) is 5.28. The van der Waals surface area contributed by atoms with E-state index in [0.717, 1.165) is 38.5 Å². The molecule has 132 valence electrons. The van der Waals surface area contributed by atoms with Crippen molar-refractivity contribution >= 4 is 5.78 Å². The topological polar surface area (TPSA) is 57.5 Å². The minimum Gasteiger partial charge on any atom is -0.393 e. The van der Waals surface area contributed by atoms with Crippen LogP contribution in [0.1, 0.15) is 59.3 Å². The zero-order valence-corrected chi connectivity index (χ0v) is 15.1. The standard InChI is InChI=1S/C21H30O3/c1-12(22)16-6-7-17-15-5-4-13-10-14(23)8-9-20(13,2)19(15)18(24)11-21(16,17)3/h4-5,14,16-19,23-24H,6-11H2,1-3H3/t14-,16+,17-,18-,19+,20-,21+/m0/s1. The summed E-state index contributed by atoms with van der Waals surface area (Å²) in [6.45, 7) is 6.22. The third kappa shape index (κ3) is 2.07. The van der Waals surface area contributed by atoms with E-state index in [0.29, 0.717) is 5.92 Å². The highest BCUT2D eigenvalue weighted by Gasteiger charge is 2.60. The normalized spacial score (nSPS) is 50.3. The highest BCUT2D eigenvalue weighted by atomic mass is 16.3. The van der Waals surface area contributed by atoms with Crippen LogP contribution in [-0.4, -0.2) is 28.2 Å². The van der Waals surface area contributed by atoms with Crippen molar-refractivity contribution < 1.29 is 15.0 Å². The summed E-state index contributed by atoms with van der Waals surface area (Å²) in [7, 11) is 0. The van der Waals surface area contributed by atoms with Gasteiger partial charge in [-0.05, 0) is 62.2 Å². The molecule has 0 amide bonds. The van der Waals surface area contributed by atoms with Crippen LogP contribution in [0.15, 0.2) is 23.3 Å². The van der Waals surface area contributed by atoms with Gasteiger partial charge in [0.1, 0.15) is 5.78 Å². The van der Waals surface area contributed by atoms with Gasteiger partial charge in [-0.3, -0.25) is 4.79 Å². The van der Waals surface area contributed by atoms with Gasteiger partial charge in [0.15, 0.2) is 0 Å². The number of carbonyl (C=O) groups excluding carboxylic acids is 1. The van der Waals surface area contributed by atoms with Gasteiger partial charge in [0.05, 0.1) is 12.2 Å². The number of carbonyl (C=O) groups is 1. The highest BCUT2D eigenvalue weighted by Crippen LogP contribution is 2.64. The minimum absolute atomic E-state index is 0.0294. The molecule has 0 aromatic heterocycles. The van der Waals surface area contributed by atoms with E-state index in [2.05, 4.69) is 26.0 Å². The number of Topliss-reactive ketones (excluding diaryl/α,β-unsaturated/α-hetero) is 1. The Morgan fingerprint density at radius 1 is 1.17 bits per heavy atom. The van der Waals surface area contributed by atoms with Gasteiger partial charge in [-0.2, -0.15) is 0 Å². The van der Waals surface area contributed by atoms with Gasteiger partial charge in [0, 0.05) is 11.8 Å². The van der Waals surface area contributed by atoms with E-state index in [1.807, 2.05) is 0 Å². The molecule has 2 N–H and O–H groups in total. The molecule has 0 unspecified atom stereocenters. The Morgan fingerprint density at radius 2 is 1.92 bits per heavy atom. The van der Waals surface area contributed by atoms with Crippen LogP contribution in [0.2, 0.25) is 0 Å². The van der Waals surface area contributed by atoms with Gasteiger partial charge >= 0.3 is 0 Å². The second-order valence-electron chi connectivity index (χ2n) is 9.22. The summed E-state index contributed by atoms with van der Waals surface area (Å²) in [5.41, 5.74) is 2.56. The molecule has 0 aromatic carbocycles. The number of aliphatic hydroxyl groups is 2. The molecular formula is C21H30O3. The lowest BCUT2D eigenvalue weighted by Crippen LogP contribution is -2.52. The summed E-state index contributed by atoms with van der Waals surface area (Å²) in [6, 6.07) is 0. The number of hydrogen-bond donors (Lipinski definition) is 2. The fourth-order valence-electron chi connectivity index (χ4n) is 6.78. The summed E-state index contributed by atoms with van der Waals surface area (Å²) in [5, 5.41) is 21.2. The number of hydrogen-bond acceptors (Lipinski definition) is 3. The Balaban J connectivity index is 1.77. The third-order valence-corrected chi connectivity index (χ3v) is 7.97. The summed E-state index contributed by atoms with van der Waals surface area (Å²) in [5.74, 6) is 0.950. The molecular weight excluding hydrogens is 300 g/mol. The Hall–Kier alpha value is -0.930. The molecule has 0 saturated heterocycles. The quantitative estimate of drug-likeness (QED) is 0.775. The number of aliphatic hydroxyl groups excluding tert-OH is 2. The first-order chi connectivity index (χ1) is 11.3. The molecule has 7 atom stereocenters. The Bertz CT molecular complexity index is 633. The number of allylic oxidation sites excluding steroid dienone is 2. The summed E-state index contributed by atoms with van der Waals surface area (Å²) < 4.78 is 0. The Labute approximate surface area is 144 Å². The lowest BCUT2D eigenvalue weighted by Gasteiger charge is -2.56. The Kier molecular flexibility index (Phi) is 3.64. The molecule has 3 nitrogen and oxygen atoms in total. The van der Waals surface area contributed by atoms with Crippen LogP contribution in [0.25, 0.3) is 0 Å².